The highest BCUT2D eigenvalue weighted by Gasteiger charge is 1.84. The molecule has 0 aliphatic carbocycles. The van der Waals surface area contributed by atoms with Gasteiger partial charge in [0.05, 0.1) is 0 Å². The first-order chi connectivity index (χ1) is 3.39. The lowest BCUT2D eigenvalue weighted by atomic mass is 9.94. The fraction of sp³-hybridized carbons (Fsp3) is 0.200. The fourth-order valence-electron chi connectivity index (χ4n) is 0.546. The molecule has 1 aliphatic rings. The Balaban J connectivity index is 2.58. The van der Waals surface area contributed by atoms with Gasteiger partial charge >= 0.3 is 0 Å². The van der Waals surface area contributed by atoms with E-state index in [1.807, 2.05) is 6.20 Å². The Kier molecular flexibility index (Phi) is 1.20. The summed E-state index contributed by atoms with van der Waals surface area (Å²) in [4.78, 5) is 0. The summed E-state index contributed by atoms with van der Waals surface area (Å²) >= 11 is 0. The van der Waals surface area contributed by atoms with Gasteiger partial charge in [-0.15, -0.1) is 0 Å². The molecule has 1 N–H and O–H groups in total. The van der Waals surface area contributed by atoms with E-state index in [4.69, 9.17) is 0 Å². The van der Waals surface area contributed by atoms with Crippen LogP contribution in [0.2, 0.25) is 0 Å². The number of hydrogen-bond donors (Lipinski definition) is 1. The molecule has 1 heterocycles. The Morgan fingerprint density at radius 2 is 2.57 bits per heavy atom. The third-order valence-corrected chi connectivity index (χ3v) is 1.01. The van der Waals surface area contributed by atoms with Crippen LogP contribution in [0.4, 0.5) is 0 Å². The summed E-state index contributed by atoms with van der Waals surface area (Å²) in [6, 6.07) is 0. The van der Waals surface area contributed by atoms with Gasteiger partial charge in [0.15, 0.2) is 0 Å². The Bertz CT molecular complexity index is 115. The smallest absolute Gasteiger partial charge is 0.139 e. The van der Waals surface area contributed by atoms with Crippen LogP contribution >= 0.6 is 0 Å². The van der Waals surface area contributed by atoms with Gasteiger partial charge in [-0.25, -0.2) is 0 Å². The molecule has 1 rings (SSSR count). The normalized spacial score (nSPS) is 18.0. The van der Waals surface area contributed by atoms with E-state index in [1.54, 1.807) is 0 Å². The predicted octanol–water partition coefficient (Wildman–Crippen LogP) is -0.380. The molecule has 0 spiro atoms. The molecule has 2 heteroatoms. The molecule has 0 aromatic carbocycles. The zero-order valence-electron chi connectivity index (χ0n) is 4.44. The van der Waals surface area contributed by atoms with Crippen LogP contribution in [-0.2, 0) is 0 Å². The van der Waals surface area contributed by atoms with Crippen LogP contribution in [0.15, 0.2) is 23.8 Å². The van der Waals surface area contributed by atoms with Crippen molar-refractivity contribution < 1.29 is 0 Å². The van der Waals surface area contributed by atoms with E-state index in [-0.39, 0.29) is 0 Å². The van der Waals surface area contributed by atoms with Gasteiger partial charge in [0.1, 0.15) is 7.85 Å². The number of nitrogens with one attached hydrogen (secondary N) is 1. The lowest BCUT2D eigenvalue weighted by Gasteiger charge is -2.00. The van der Waals surface area contributed by atoms with Crippen molar-refractivity contribution >= 4 is 7.85 Å². The van der Waals surface area contributed by atoms with Crippen LogP contribution in [-0.4, -0.2) is 14.4 Å². The molecule has 0 saturated heterocycles. The molecule has 0 radical (unpaired) electrons. The van der Waals surface area contributed by atoms with Gasteiger partial charge in [-0.05, 0) is 6.20 Å². The quantitative estimate of drug-likeness (QED) is 0.402. The van der Waals surface area contributed by atoms with Gasteiger partial charge in [-0.2, -0.15) is 0 Å². The standard InChI is InChI=1S/C5H8BN/c6-5-1-3-7-4-2-5/h1-3,7H,4,6H2. The maximum absolute atomic E-state index is 3.06. The molecule has 7 heavy (non-hydrogen) atoms. The Morgan fingerprint density at radius 3 is 2.86 bits per heavy atom. The van der Waals surface area contributed by atoms with Crippen molar-refractivity contribution in [3.63, 3.8) is 0 Å². The third kappa shape index (κ3) is 1.11. The van der Waals surface area contributed by atoms with E-state index in [0.29, 0.717) is 0 Å². The summed E-state index contributed by atoms with van der Waals surface area (Å²) in [6.45, 7) is 0.988. The molecular weight excluding hydrogens is 84.9 g/mol. The summed E-state index contributed by atoms with van der Waals surface area (Å²) in [5.74, 6) is 0. The van der Waals surface area contributed by atoms with Gasteiger partial charge in [-0.3, -0.25) is 0 Å². The van der Waals surface area contributed by atoms with Crippen LogP contribution in [0, 0.1) is 0 Å². The van der Waals surface area contributed by atoms with E-state index >= 15 is 0 Å². The summed E-state index contributed by atoms with van der Waals surface area (Å²) < 4.78 is 0. The molecule has 0 saturated carbocycles. The number of allylic oxidation sites excluding steroid dienone is 2. The molecule has 0 fully saturated rings. The van der Waals surface area contributed by atoms with Crippen LogP contribution in [0.25, 0.3) is 0 Å². The second-order valence-corrected chi connectivity index (χ2v) is 1.69. The monoisotopic (exact) mass is 93.1 g/mol. The second kappa shape index (κ2) is 1.87. The minimum Gasteiger partial charge on any atom is -0.387 e. The minimum absolute atomic E-state index is 0.988. The molecule has 1 aliphatic heterocycles. The average Bonchev–Trinajstić information content (AvgIpc) is 1.69. The number of hydrogen-bond acceptors (Lipinski definition) is 1. The van der Waals surface area contributed by atoms with E-state index in [0.717, 1.165) is 6.54 Å². The molecule has 0 aromatic heterocycles. The Morgan fingerprint density at radius 1 is 1.71 bits per heavy atom. The summed E-state index contributed by atoms with van der Waals surface area (Å²) in [5.41, 5.74) is 1.35. The highest BCUT2D eigenvalue weighted by Crippen LogP contribution is 1.90. The molecule has 1 nitrogen and oxygen atoms in total. The first-order valence-electron chi connectivity index (χ1n) is 2.46. The first kappa shape index (κ1) is 4.50. The largest absolute Gasteiger partial charge is 0.387 e. The molecule has 0 aromatic rings. The highest BCUT2D eigenvalue weighted by atomic mass is 14.8. The van der Waals surface area contributed by atoms with E-state index in [9.17, 15) is 0 Å². The summed E-state index contributed by atoms with van der Waals surface area (Å²) in [6.07, 6.45) is 6.18. The van der Waals surface area contributed by atoms with Crippen LogP contribution < -0.4 is 5.32 Å². The van der Waals surface area contributed by atoms with Gasteiger partial charge in [0.2, 0.25) is 0 Å². The van der Waals surface area contributed by atoms with Crippen LogP contribution in [0.5, 0.6) is 0 Å². The summed E-state index contributed by atoms with van der Waals surface area (Å²) in [5, 5.41) is 3.06. The van der Waals surface area contributed by atoms with Gasteiger partial charge in [0.25, 0.3) is 0 Å². The van der Waals surface area contributed by atoms with Crippen molar-refractivity contribution in [3.8, 4) is 0 Å². The SMILES string of the molecule is BC1=CCNC=C1. The van der Waals surface area contributed by atoms with Gasteiger partial charge in [0, 0.05) is 6.54 Å². The maximum Gasteiger partial charge on any atom is 0.139 e. The third-order valence-electron chi connectivity index (χ3n) is 1.01. The summed E-state index contributed by atoms with van der Waals surface area (Å²) in [7, 11) is 2.09. The van der Waals surface area contributed by atoms with Crippen molar-refractivity contribution in [2.75, 3.05) is 6.54 Å². The van der Waals surface area contributed by atoms with E-state index in [2.05, 4.69) is 25.3 Å². The maximum atomic E-state index is 3.06. The second-order valence-electron chi connectivity index (χ2n) is 1.69. The van der Waals surface area contributed by atoms with Crippen LogP contribution in [0.3, 0.4) is 0 Å². The fourth-order valence-corrected chi connectivity index (χ4v) is 0.546. The molecule has 36 valence electrons. The van der Waals surface area contributed by atoms with Crippen molar-refractivity contribution in [1.29, 1.82) is 0 Å². The van der Waals surface area contributed by atoms with E-state index in [1.165, 1.54) is 5.47 Å². The highest BCUT2D eigenvalue weighted by molar-refractivity contribution is 6.23. The molecule has 0 amide bonds. The predicted molar refractivity (Wildman–Crippen MR) is 33.8 cm³/mol. The average molecular weight is 92.9 g/mol. The van der Waals surface area contributed by atoms with Gasteiger partial charge in [-0.1, -0.05) is 17.6 Å². The molecular formula is C5H8BN. The number of rotatable bonds is 0. The minimum atomic E-state index is 0.988. The lowest BCUT2D eigenvalue weighted by Crippen LogP contribution is -2.08. The van der Waals surface area contributed by atoms with Crippen molar-refractivity contribution in [2.24, 2.45) is 0 Å². The molecule has 0 bridgehead atoms. The Labute approximate surface area is 44.5 Å². The zero-order chi connectivity index (χ0) is 5.11. The molecule has 0 unspecified atom stereocenters. The topological polar surface area (TPSA) is 12.0 Å². The van der Waals surface area contributed by atoms with Crippen molar-refractivity contribution in [2.45, 2.75) is 0 Å². The Hall–Kier alpha value is -0.655. The molecule has 0 atom stereocenters. The lowest BCUT2D eigenvalue weighted by molar-refractivity contribution is 0.969. The first-order valence-corrected chi connectivity index (χ1v) is 2.46. The van der Waals surface area contributed by atoms with Gasteiger partial charge < -0.3 is 5.32 Å². The van der Waals surface area contributed by atoms with Crippen LogP contribution in [0.1, 0.15) is 0 Å². The van der Waals surface area contributed by atoms with Crippen molar-refractivity contribution in [1.82, 2.24) is 5.32 Å². The van der Waals surface area contributed by atoms with E-state index < -0.39 is 0 Å². The zero-order valence-corrected chi connectivity index (χ0v) is 4.44. The number of dihydropyridines is 1. The van der Waals surface area contributed by atoms with Crippen molar-refractivity contribution in [3.05, 3.63) is 23.8 Å².